The van der Waals surface area contributed by atoms with Crippen LogP contribution in [-0.2, 0) is 38.4 Å². The van der Waals surface area contributed by atoms with E-state index in [-0.39, 0.29) is 125 Å². The third-order valence-electron chi connectivity index (χ3n) is 18.6. The predicted octanol–water partition coefficient (Wildman–Crippen LogP) is 11.7. The van der Waals surface area contributed by atoms with Gasteiger partial charge in [0.1, 0.15) is 12.1 Å². The Bertz CT molecular complexity index is 4230. The molecule has 0 unspecified atom stereocenters. The van der Waals surface area contributed by atoms with Crippen LogP contribution in [0.25, 0.3) is 0 Å². The molecule has 4 saturated heterocycles. The van der Waals surface area contributed by atoms with Crippen LogP contribution < -0.4 is 66.9 Å². The molecule has 0 spiro atoms. The van der Waals surface area contributed by atoms with Crippen molar-refractivity contribution in [3.63, 3.8) is 0 Å². The van der Waals surface area contributed by atoms with Crippen LogP contribution >= 0.6 is 106 Å². The van der Waals surface area contributed by atoms with Gasteiger partial charge in [0.2, 0.25) is 43.4 Å². The predicted molar refractivity (Wildman–Crippen MR) is 474 cm³/mol. The second-order valence-electron chi connectivity index (χ2n) is 27.7. The van der Waals surface area contributed by atoms with Gasteiger partial charge in [0.05, 0.1) is 24.0 Å². The molecule has 119 heavy (non-hydrogen) atoms. The number of carbonyl (C=O) groups is 12. The number of nitrogens with zero attached hydrogens (tertiary/aromatic N) is 3. The third kappa shape index (κ3) is 33.7. The Morgan fingerprint density at radius 1 is 0.361 bits per heavy atom. The van der Waals surface area contributed by atoms with Gasteiger partial charge in [0.25, 0.3) is 0 Å². The van der Waals surface area contributed by atoms with Crippen molar-refractivity contribution in [2.45, 2.75) is 126 Å². The number of thioether (sulfide) groups is 8. The smallest absolute Gasteiger partial charge is 0.548 e. The van der Waals surface area contributed by atoms with Crippen molar-refractivity contribution in [1.29, 1.82) is 0 Å². The van der Waals surface area contributed by atoms with Gasteiger partial charge in [-0.25, -0.2) is 4.79 Å². The summed E-state index contributed by atoms with van der Waals surface area (Å²) in [5, 5.41) is 44.4. The van der Waals surface area contributed by atoms with Crippen LogP contribution in [0.3, 0.4) is 0 Å². The normalized spacial score (nSPS) is 19.1. The van der Waals surface area contributed by atoms with Gasteiger partial charge in [-0.2, -0.15) is 0 Å². The number of nitrogens with one attached hydrogen (secondary N) is 1. The average molecular weight is 1810 g/mol. The van der Waals surface area contributed by atoms with Crippen LogP contribution in [0.5, 0.6) is 0 Å². The Kier molecular flexibility index (Phi) is 45.1. The van der Waals surface area contributed by atoms with Crippen LogP contribution in [-0.4, -0.2) is 187 Å². The summed E-state index contributed by atoms with van der Waals surface area (Å²) >= 11 is 16.2. The molecule has 0 radical (unpaired) electrons. The van der Waals surface area contributed by atoms with Gasteiger partial charge in [-0.15, -0.1) is 47.0 Å². The molecule has 12 rings (SSSR count). The van der Waals surface area contributed by atoms with Gasteiger partial charge in [0.15, 0.2) is 0 Å². The summed E-state index contributed by atoms with van der Waals surface area (Å²) in [6, 6.07) is 72.0. The van der Waals surface area contributed by atoms with Gasteiger partial charge in [0, 0.05) is 136 Å². The summed E-state index contributed by atoms with van der Waals surface area (Å²) in [7, 11) is 0. The standard InChI is InChI=1S/3C22H23NO4S2.C11H11ClO2S.C11H13NO2S.CH4.K/c3*1-15(14-28-22(27)16-8-4-2-5-9-16)20(24)23-13-18(12-19(23)21(25)26)29-17-10-6-3-7-11-17;1-8(10(12)13)7-15-11(14)9-5-3-2-4-6-9;13-11(14)10-6-9(7-12-10)15-8-4-2-1-3-5-8;;/h3*2-11,15,18-19H,12-14H2,1H3,(H,25,26);2-6,8H,7H2,1H3;1-5,9-10,12H,6-7H2,(H,13,14);1H4;/q;;;;;;+1/p-2/t3*15-,18+,19+;8-;9-,10-;;/m11110../s1. The molecule has 30 heteroatoms. The molecule has 624 valence electrons. The zero-order chi connectivity index (χ0) is 84.3. The fraction of sp³-hybridized carbons (Fsp3) is 0.326. The van der Waals surface area contributed by atoms with Gasteiger partial charge < -0.3 is 50.0 Å². The first kappa shape index (κ1) is 101. The molecule has 0 aliphatic carbocycles. The van der Waals surface area contributed by atoms with E-state index in [0.717, 1.165) is 68.3 Å². The van der Waals surface area contributed by atoms with E-state index in [1.807, 2.05) is 146 Å². The summed E-state index contributed by atoms with van der Waals surface area (Å²) in [5.74, 6) is -5.16. The molecule has 20 nitrogen and oxygen atoms in total. The average Bonchev–Trinajstić information content (AvgIpc) is 1.69. The number of aliphatic carboxylic acids is 4. The number of hydrogen-bond acceptors (Lipinski definition) is 23. The third-order valence-corrected chi connectivity index (χ3v) is 28.5. The Morgan fingerprint density at radius 2 is 0.597 bits per heavy atom. The summed E-state index contributed by atoms with van der Waals surface area (Å²) in [6.07, 6.45) is 1.84. The largest absolute Gasteiger partial charge is 1.00 e. The molecule has 3 N–H and O–H groups in total. The van der Waals surface area contributed by atoms with Crippen molar-refractivity contribution in [2.24, 2.45) is 23.7 Å². The number of rotatable bonds is 28. The first-order valence-electron chi connectivity index (χ1n) is 37.7. The summed E-state index contributed by atoms with van der Waals surface area (Å²) in [4.78, 5) is 152. The number of carboxylic acid groups (broad SMARTS) is 4. The Hall–Kier alpha value is -6.91. The van der Waals surface area contributed by atoms with Crippen molar-refractivity contribution in [3.8, 4) is 0 Å². The molecular weight excluding hydrogens is 1710 g/mol. The molecule has 4 aliphatic rings. The number of carboxylic acids is 4. The molecule has 4 aliphatic heterocycles. The molecule has 12 atom stereocenters. The maximum Gasteiger partial charge on any atom is 1.00 e. The van der Waals surface area contributed by atoms with E-state index in [1.54, 1.807) is 160 Å². The maximum absolute atomic E-state index is 12.9. The van der Waals surface area contributed by atoms with Crippen molar-refractivity contribution < 1.29 is 129 Å². The molecule has 3 amide bonds. The second-order valence-corrected chi connectivity index (χ2v) is 37.6. The maximum atomic E-state index is 12.9. The zero-order valence-corrected chi connectivity index (χ0v) is 76.0. The van der Waals surface area contributed by atoms with Crippen LogP contribution in [0.4, 0.5) is 0 Å². The Morgan fingerprint density at radius 3 is 0.832 bits per heavy atom. The van der Waals surface area contributed by atoms with E-state index in [1.165, 1.54) is 19.6 Å². The number of hydrogen-bond donors (Lipinski definition) is 3. The molecule has 8 aromatic carbocycles. The molecule has 8 aromatic rings. The quantitative estimate of drug-likeness (QED) is 0.0303. The fourth-order valence-electron chi connectivity index (χ4n) is 12.4. The number of carbonyl (C=O) groups excluding carboxylic acids is 10. The van der Waals surface area contributed by atoms with E-state index in [9.17, 15) is 72.9 Å². The number of benzene rings is 8. The summed E-state index contributed by atoms with van der Waals surface area (Å²) < 4.78 is 0. The first-order valence-corrected chi connectivity index (χ1v) is 45.5. The van der Waals surface area contributed by atoms with Crippen molar-refractivity contribution in [1.82, 2.24) is 20.0 Å². The summed E-state index contributed by atoms with van der Waals surface area (Å²) in [6.45, 7) is 8.82. The van der Waals surface area contributed by atoms with E-state index in [4.69, 9.17) is 16.7 Å². The number of halogens is 1. The van der Waals surface area contributed by atoms with Crippen LogP contribution in [0.2, 0.25) is 0 Å². The molecule has 0 aromatic heterocycles. The Balaban J connectivity index is 0.000000236. The monoisotopic (exact) mass is 1810 g/mol. The van der Waals surface area contributed by atoms with E-state index < -0.39 is 65.0 Å². The van der Waals surface area contributed by atoms with Crippen molar-refractivity contribution >= 4 is 173 Å². The van der Waals surface area contributed by atoms with Crippen LogP contribution in [0, 0.1) is 23.7 Å². The molecule has 0 bridgehead atoms. The SMILES string of the molecule is C.C[C@H](CSC(=O)c1ccccc1)C(=O)Cl.C[C@H](CSC(=O)c1ccccc1)C(=O)N1C[C@@H](Sc2ccccc2)C[C@H]1C(=O)O.C[C@H](CSC(=O)c1ccccc1)C(=O)N1C[C@@H](Sc2ccccc2)C[C@H]1C(=O)[O-].C[C@H](CSC(=O)c1ccccc1)C(=O)N1C[C@@H](Sc2ccccc2)C[C@H]1C(=O)[O-].O=C(O)[C@@H]1C[C@H](Sc2ccccc2)CN1.[K+]. The van der Waals surface area contributed by atoms with Gasteiger partial charge in [-0.1, -0.05) is 276 Å². The summed E-state index contributed by atoms with van der Waals surface area (Å²) in [5.41, 5.74) is 2.42. The number of amides is 3. The van der Waals surface area contributed by atoms with Gasteiger partial charge >= 0.3 is 63.3 Å². The van der Waals surface area contributed by atoms with Crippen LogP contribution in [0.1, 0.15) is 102 Å². The molecule has 4 heterocycles. The van der Waals surface area contributed by atoms with Crippen molar-refractivity contribution in [3.05, 3.63) is 265 Å². The minimum absolute atomic E-state index is 0. The molecule has 4 fully saturated rings. The minimum Gasteiger partial charge on any atom is -0.548 e. The number of likely N-dealkylation sites (tertiary alicyclic amines) is 3. The minimum atomic E-state index is -1.23. The second kappa shape index (κ2) is 53.2. The molecular formula is C89H95ClKN4O16S8-. The van der Waals surface area contributed by atoms with E-state index in [2.05, 4.69) is 17.4 Å². The van der Waals surface area contributed by atoms with Gasteiger partial charge in [-0.3, -0.25) is 43.2 Å². The Labute approximate surface area is 777 Å². The van der Waals surface area contributed by atoms with E-state index in [0.29, 0.717) is 95.8 Å². The van der Waals surface area contributed by atoms with Crippen LogP contribution in [0.15, 0.2) is 262 Å². The fourth-order valence-corrected chi connectivity index (χ4v) is 20.7. The van der Waals surface area contributed by atoms with Crippen molar-refractivity contribution in [2.75, 3.05) is 49.2 Å². The van der Waals surface area contributed by atoms with Gasteiger partial charge in [-0.05, 0) is 85.8 Å². The first-order chi connectivity index (χ1) is 56.2. The molecule has 0 saturated carbocycles. The van der Waals surface area contributed by atoms with E-state index >= 15 is 0 Å². The topological polar surface area (TPSA) is 313 Å². The zero-order valence-electron chi connectivity index (χ0n) is 65.6.